The molecule has 1 aliphatic rings. The molecule has 0 saturated heterocycles. The summed E-state index contributed by atoms with van der Waals surface area (Å²) in [5.41, 5.74) is 1.04. The van der Waals surface area contributed by atoms with Crippen molar-refractivity contribution in [3.8, 4) is 11.5 Å². The third-order valence-corrected chi connectivity index (χ3v) is 3.71. The number of hydrogen-bond donors (Lipinski definition) is 1. The normalized spacial score (nSPS) is 20.6. The molecule has 110 valence electrons. The van der Waals surface area contributed by atoms with Crippen LogP contribution in [0.1, 0.15) is 19.8 Å². The highest BCUT2D eigenvalue weighted by atomic mass is 16.5. The summed E-state index contributed by atoms with van der Waals surface area (Å²) in [6.07, 6.45) is 2.54. The molecule has 3 nitrogen and oxygen atoms in total. The lowest BCUT2D eigenvalue weighted by Crippen LogP contribution is -2.40. The summed E-state index contributed by atoms with van der Waals surface area (Å²) in [5.74, 6) is 1.72. The maximum absolute atomic E-state index is 5.96. The first-order valence-corrected chi connectivity index (χ1v) is 7.55. The fourth-order valence-corrected chi connectivity index (χ4v) is 2.57. The smallest absolute Gasteiger partial charge is 0.150 e. The van der Waals surface area contributed by atoms with Crippen LogP contribution in [-0.4, -0.2) is 18.8 Å². The molecular weight excluding hydrogens is 262 g/mol. The molecule has 2 aromatic carbocycles. The lowest BCUT2D eigenvalue weighted by Gasteiger charge is -2.36. The molecule has 1 fully saturated rings. The van der Waals surface area contributed by atoms with Crippen LogP contribution in [0.25, 0.3) is 0 Å². The van der Waals surface area contributed by atoms with Gasteiger partial charge < -0.3 is 14.8 Å². The Kier molecular flexibility index (Phi) is 4.41. The third kappa shape index (κ3) is 3.56. The van der Waals surface area contributed by atoms with Crippen molar-refractivity contribution in [3.05, 3.63) is 54.6 Å². The van der Waals surface area contributed by atoms with Crippen LogP contribution in [0.15, 0.2) is 54.6 Å². The lowest BCUT2D eigenvalue weighted by atomic mass is 9.89. The van der Waals surface area contributed by atoms with Crippen LogP contribution in [0.3, 0.4) is 0 Å². The monoisotopic (exact) mass is 283 g/mol. The molecule has 3 rings (SSSR count). The maximum Gasteiger partial charge on any atom is 0.150 e. The molecule has 1 aliphatic carbocycles. The van der Waals surface area contributed by atoms with Crippen LogP contribution < -0.4 is 10.1 Å². The topological polar surface area (TPSA) is 30.5 Å². The van der Waals surface area contributed by atoms with Gasteiger partial charge in [-0.25, -0.2) is 0 Å². The van der Waals surface area contributed by atoms with Gasteiger partial charge in [0.25, 0.3) is 0 Å². The molecule has 3 heteroatoms. The second kappa shape index (κ2) is 6.64. The first-order chi connectivity index (χ1) is 10.3. The quantitative estimate of drug-likeness (QED) is 0.849. The molecule has 0 bridgehead atoms. The largest absolute Gasteiger partial charge is 0.455 e. The number of anilines is 1. The molecule has 0 amide bonds. The van der Waals surface area contributed by atoms with Gasteiger partial charge in [-0.15, -0.1) is 0 Å². The second-order valence-electron chi connectivity index (χ2n) is 5.30. The van der Waals surface area contributed by atoms with Crippen LogP contribution in [0.4, 0.5) is 5.69 Å². The molecule has 0 heterocycles. The van der Waals surface area contributed by atoms with Crippen LogP contribution >= 0.6 is 0 Å². The van der Waals surface area contributed by atoms with Gasteiger partial charge in [0, 0.05) is 12.6 Å². The van der Waals surface area contributed by atoms with Crippen LogP contribution in [-0.2, 0) is 4.74 Å². The lowest BCUT2D eigenvalue weighted by molar-refractivity contribution is 0.00296. The standard InChI is InChI=1S/C18H21NO2/c1-2-20-16-12-14(13-16)19-17-10-6-7-11-18(17)21-15-8-4-3-5-9-15/h3-11,14,16,19H,2,12-13H2,1H3. The SMILES string of the molecule is CCOC1CC(Nc2ccccc2Oc2ccccc2)C1. The van der Waals surface area contributed by atoms with E-state index in [4.69, 9.17) is 9.47 Å². The molecule has 21 heavy (non-hydrogen) atoms. The van der Waals surface area contributed by atoms with Crippen LogP contribution in [0.5, 0.6) is 11.5 Å². The van der Waals surface area contributed by atoms with E-state index < -0.39 is 0 Å². The fraction of sp³-hybridized carbons (Fsp3) is 0.333. The third-order valence-electron chi connectivity index (χ3n) is 3.71. The van der Waals surface area contributed by atoms with Gasteiger partial charge in [0.15, 0.2) is 5.75 Å². The van der Waals surface area contributed by atoms with Crippen molar-refractivity contribution in [2.75, 3.05) is 11.9 Å². The van der Waals surface area contributed by atoms with Gasteiger partial charge in [-0.1, -0.05) is 30.3 Å². The highest BCUT2D eigenvalue weighted by molar-refractivity contribution is 5.58. The molecule has 0 unspecified atom stereocenters. The van der Waals surface area contributed by atoms with Crippen molar-refractivity contribution >= 4 is 5.69 Å². The average Bonchev–Trinajstić information content (AvgIpc) is 2.48. The summed E-state index contributed by atoms with van der Waals surface area (Å²) in [6, 6.07) is 18.4. The van der Waals surface area contributed by atoms with Gasteiger partial charge in [-0.3, -0.25) is 0 Å². The van der Waals surface area contributed by atoms with Gasteiger partial charge in [0.1, 0.15) is 5.75 Å². The Morgan fingerprint density at radius 1 is 1.00 bits per heavy atom. The summed E-state index contributed by atoms with van der Waals surface area (Å²) in [5, 5.41) is 3.55. The fourth-order valence-electron chi connectivity index (χ4n) is 2.57. The Labute approximate surface area is 125 Å². The van der Waals surface area contributed by atoms with E-state index in [1.165, 1.54) is 0 Å². The van der Waals surface area contributed by atoms with Gasteiger partial charge >= 0.3 is 0 Å². The van der Waals surface area contributed by atoms with E-state index in [2.05, 4.69) is 11.4 Å². The zero-order chi connectivity index (χ0) is 14.5. The Bertz CT molecular complexity index is 564. The molecule has 2 aromatic rings. The summed E-state index contributed by atoms with van der Waals surface area (Å²) < 4.78 is 11.6. The molecule has 0 radical (unpaired) electrons. The van der Waals surface area contributed by atoms with E-state index in [0.29, 0.717) is 12.1 Å². The number of rotatable bonds is 6. The first kappa shape index (κ1) is 14.0. The van der Waals surface area contributed by atoms with E-state index in [-0.39, 0.29) is 0 Å². The first-order valence-electron chi connectivity index (χ1n) is 7.55. The van der Waals surface area contributed by atoms with E-state index in [0.717, 1.165) is 36.6 Å². The highest BCUT2D eigenvalue weighted by Crippen LogP contribution is 2.33. The van der Waals surface area contributed by atoms with Crippen LogP contribution in [0, 0.1) is 0 Å². The van der Waals surface area contributed by atoms with Gasteiger partial charge in [0.2, 0.25) is 0 Å². The maximum atomic E-state index is 5.96. The highest BCUT2D eigenvalue weighted by Gasteiger charge is 2.29. The summed E-state index contributed by atoms with van der Waals surface area (Å²) >= 11 is 0. The average molecular weight is 283 g/mol. The summed E-state index contributed by atoms with van der Waals surface area (Å²) in [4.78, 5) is 0. The summed E-state index contributed by atoms with van der Waals surface area (Å²) in [6.45, 7) is 2.84. The zero-order valence-electron chi connectivity index (χ0n) is 12.3. The van der Waals surface area contributed by atoms with E-state index in [1.807, 2.05) is 55.5 Å². The number of para-hydroxylation sites is 3. The predicted molar refractivity (Wildman–Crippen MR) is 85.0 cm³/mol. The minimum atomic E-state index is 0.412. The minimum Gasteiger partial charge on any atom is -0.455 e. The molecule has 1 saturated carbocycles. The van der Waals surface area contributed by atoms with Crippen molar-refractivity contribution in [2.45, 2.75) is 31.9 Å². The van der Waals surface area contributed by atoms with Crippen molar-refractivity contribution in [1.29, 1.82) is 0 Å². The number of benzene rings is 2. The van der Waals surface area contributed by atoms with E-state index >= 15 is 0 Å². The Hall–Kier alpha value is -2.00. The molecule has 0 aliphatic heterocycles. The van der Waals surface area contributed by atoms with Crippen molar-refractivity contribution < 1.29 is 9.47 Å². The Morgan fingerprint density at radius 2 is 1.71 bits per heavy atom. The molecule has 0 spiro atoms. The number of nitrogens with one attached hydrogen (secondary N) is 1. The molecular formula is C18H21NO2. The molecule has 1 N–H and O–H groups in total. The van der Waals surface area contributed by atoms with Gasteiger partial charge in [-0.2, -0.15) is 0 Å². The number of hydrogen-bond acceptors (Lipinski definition) is 3. The molecule has 0 aromatic heterocycles. The predicted octanol–water partition coefficient (Wildman–Crippen LogP) is 4.46. The Morgan fingerprint density at radius 3 is 2.48 bits per heavy atom. The van der Waals surface area contributed by atoms with E-state index in [1.54, 1.807) is 0 Å². The summed E-state index contributed by atoms with van der Waals surface area (Å²) in [7, 11) is 0. The minimum absolute atomic E-state index is 0.412. The van der Waals surface area contributed by atoms with E-state index in [9.17, 15) is 0 Å². The van der Waals surface area contributed by atoms with Gasteiger partial charge in [-0.05, 0) is 44.0 Å². The Balaban J connectivity index is 1.64. The van der Waals surface area contributed by atoms with Crippen LogP contribution in [0.2, 0.25) is 0 Å². The van der Waals surface area contributed by atoms with Gasteiger partial charge in [0.05, 0.1) is 11.8 Å². The van der Waals surface area contributed by atoms with Crippen molar-refractivity contribution in [1.82, 2.24) is 0 Å². The van der Waals surface area contributed by atoms with Crippen molar-refractivity contribution in [2.24, 2.45) is 0 Å². The van der Waals surface area contributed by atoms with Crippen molar-refractivity contribution in [3.63, 3.8) is 0 Å². The second-order valence-corrected chi connectivity index (χ2v) is 5.30. The zero-order valence-corrected chi connectivity index (χ0v) is 12.3. The molecule has 0 atom stereocenters. The number of ether oxygens (including phenoxy) is 2.